The van der Waals surface area contributed by atoms with Crippen LogP contribution < -0.4 is 5.73 Å². The van der Waals surface area contributed by atoms with Crippen molar-refractivity contribution in [2.45, 2.75) is 18.4 Å². The fraction of sp³-hybridized carbons (Fsp3) is 0.200. The van der Waals surface area contributed by atoms with Gasteiger partial charge < -0.3 is 5.73 Å². The summed E-state index contributed by atoms with van der Waals surface area (Å²) in [5.41, 5.74) is 7.94. The Labute approximate surface area is 119 Å². The predicted molar refractivity (Wildman–Crippen MR) is 80.7 cm³/mol. The standard InChI is InChI=1S/C15H18N2O2S/c1-12-5-3-4-6-15(12)20(18,19)17(2)11-13-7-9-14(16)10-8-13/h3-10H,11,16H2,1-2H3. The maximum absolute atomic E-state index is 12.5. The third kappa shape index (κ3) is 3.00. The Bertz CT molecular complexity index is 694. The summed E-state index contributed by atoms with van der Waals surface area (Å²) < 4.78 is 26.4. The molecular weight excluding hydrogens is 272 g/mol. The third-order valence-electron chi connectivity index (χ3n) is 3.17. The quantitative estimate of drug-likeness (QED) is 0.879. The van der Waals surface area contributed by atoms with Crippen molar-refractivity contribution in [3.8, 4) is 0 Å². The van der Waals surface area contributed by atoms with Gasteiger partial charge >= 0.3 is 0 Å². The van der Waals surface area contributed by atoms with Crippen molar-refractivity contribution in [1.29, 1.82) is 0 Å². The van der Waals surface area contributed by atoms with Gasteiger partial charge in [0, 0.05) is 19.3 Å². The van der Waals surface area contributed by atoms with Crippen LogP contribution in [0.4, 0.5) is 5.69 Å². The van der Waals surface area contributed by atoms with E-state index in [9.17, 15) is 8.42 Å². The molecule has 2 N–H and O–H groups in total. The van der Waals surface area contributed by atoms with Crippen molar-refractivity contribution in [1.82, 2.24) is 4.31 Å². The van der Waals surface area contributed by atoms with Crippen LogP contribution in [-0.4, -0.2) is 19.8 Å². The smallest absolute Gasteiger partial charge is 0.243 e. The monoisotopic (exact) mass is 290 g/mol. The molecule has 0 atom stereocenters. The molecule has 0 bridgehead atoms. The van der Waals surface area contributed by atoms with E-state index in [0.717, 1.165) is 11.1 Å². The van der Waals surface area contributed by atoms with E-state index in [1.165, 1.54) is 4.31 Å². The van der Waals surface area contributed by atoms with Gasteiger partial charge in [0.2, 0.25) is 10.0 Å². The summed E-state index contributed by atoms with van der Waals surface area (Å²) in [4.78, 5) is 0.345. The average Bonchev–Trinajstić information content (AvgIpc) is 2.41. The van der Waals surface area contributed by atoms with Crippen molar-refractivity contribution in [3.63, 3.8) is 0 Å². The van der Waals surface area contributed by atoms with Gasteiger partial charge in [-0.2, -0.15) is 4.31 Å². The highest BCUT2D eigenvalue weighted by Gasteiger charge is 2.22. The van der Waals surface area contributed by atoms with Crippen molar-refractivity contribution in [2.75, 3.05) is 12.8 Å². The van der Waals surface area contributed by atoms with Gasteiger partial charge in [0.25, 0.3) is 0 Å². The predicted octanol–water partition coefficient (Wildman–Crippen LogP) is 2.40. The van der Waals surface area contributed by atoms with Gasteiger partial charge in [0.1, 0.15) is 0 Å². The second-order valence-corrected chi connectivity index (χ2v) is 6.78. The van der Waals surface area contributed by atoms with Crippen LogP contribution in [0.5, 0.6) is 0 Å². The Hall–Kier alpha value is -1.85. The second-order valence-electron chi connectivity index (χ2n) is 4.77. The van der Waals surface area contributed by atoms with Crippen molar-refractivity contribution in [3.05, 3.63) is 59.7 Å². The molecule has 0 aliphatic rings. The van der Waals surface area contributed by atoms with E-state index in [4.69, 9.17) is 5.73 Å². The summed E-state index contributed by atoms with van der Waals surface area (Å²) in [6.07, 6.45) is 0. The number of sulfonamides is 1. The molecule has 4 nitrogen and oxygen atoms in total. The molecule has 0 saturated heterocycles. The zero-order valence-electron chi connectivity index (χ0n) is 11.6. The molecule has 5 heteroatoms. The third-order valence-corrected chi connectivity index (χ3v) is 5.13. The molecule has 0 aromatic heterocycles. The molecule has 0 aliphatic carbocycles. The van der Waals surface area contributed by atoms with Crippen LogP contribution in [0.1, 0.15) is 11.1 Å². The van der Waals surface area contributed by atoms with E-state index >= 15 is 0 Å². The number of anilines is 1. The number of benzene rings is 2. The van der Waals surface area contributed by atoms with Crippen LogP contribution in [0, 0.1) is 6.92 Å². The topological polar surface area (TPSA) is 63.4 Å². The molecule has 0 aliphatic heterocycles. The first-order valence-corrected chi connectivity index (χ1v) is 7.71. The van der Waals surface area contributed by atoms with Crippen LogP contribution in [0.2, 0.25) is 0 Å². The van der Waals surface area contributed by atoms with Crippen LogP contribution >= 0.6 is 0 Å². The normalized spacial score (nSPS) is 11.8. The minimum atomic E-state index is -3.48. The Morgan fingerprint density at radius 1 is 1.05 bits per heavy atom. The molecule has 0 unspecified atom stereocenters. The highest BCUT2D eigenvalue weighted by Crippen LogP contribution is 2.20. The SMILES string of the molecule is Cc1ccccc1S(=O)(=O)N(C)Cc1ccc(N)cc1. The van der Waals surface area contributed by atoms with E-state index < -0.39 is 10.0 Å². The van der Waals surface area contributed by atoms with Gasteiger partial charge in [-0.1, -0.05) is 30.3 Å². The van der Waals surface area contributed by atoms with Gasteiger partial charge in [-0.3, -0.25) is 0 Å². The highest BCUT2D eigenvalue weighted by molar-refractivity contribution is 7.89. The zero-order chi connectivity index (χ0) is 14.8. The molecule has 2 aromatic carbocycles. The van der Waals surface area contributed by atoms with Crippen LogP contribution in [0.15, 0.2) is 53.4 Å². The van der Waals surface area contributed by atoms with E-state index in [-0.39, 0.29) is 0 Å². The van der Waals surface area contributed by atoms with Crippen molar-refractivity contribution >= 4 is 15.7 Å². The molecule has 0 radical (unpaired) electrons. The first-order valence-electron chi connectivity index (χ1n) is 6.27. The van der Waals surface area contributed by atoms with Crippen LogP contribution in [0.25, 0.3) is 0 Å². The van der Waals surface area contributed by atoms with E-state index in [1.807, 2.05) is 18.2 Å². The van der Waals surface area contributed by atoms with Crippen LogP contribution in [-0.2, 0) is 16.6 Å². The van der Waals surface area contributed by atoms with Gasteiger partial charge in [-0.25, -0.2) is 8.42 Å². The Balaban J connectivity index is 2.26. The molecular formula is C15H18N2O2S. The largest absolute Gasteiger partial charge is 0.399 e. The molecule has 0 fully saturated rings. The highest BCUT2D eigenvalue weighted by atomic mass is 32.2. The molecule has 2 rings (SSSR count). The lowest BCUT2D eigenvalue weighted by Gasteiger charge is -2.18. The average molecular weight is 290 g/mol. The van der Waals surface area contributed by atoms with Gasteiger partial charge in [0.15, 0.2) is 0 Å². The maximum Gasteiger partial charge on any atom is 0.243 e. The molecule has 106 valence electrons. The first kappa shape index (κ1) is 14.6. The Kier molecular flexibility index (Phi) is 4.11. The lowest BCUT2D eigenvalue weighted by molar-refractivity contribution is 0.466. The zero-order valence-corrected chi connectivity index (χ0v) is 12.4. The molecule has 0 heterocycles. The van der Waals surface area contributed by atoms with Crippen molar-refractivity contribution < 1.29 is 8.42 Å². The minimum absolute atomic E-state index is 0.316. The molecule has 0 spiro atoms. The number of hydrogen-bond donors (Lipinski definition) is 1. The molecule has 2 aromatic rings. The lowest BCUT2D eigenvalue weighted by atomic mass is 10.2. The van der Waals surface area contributed by atoms with Crippen molar-refractivity contribution in [2.24, 2.45) is 0 Å². The van der Waals surface area contributed by atoms with Gasteiger partial charge in [0.05, 0.1) is 4.90 Å². The second kappa shape index (κ2) is 5.64. The lowest BCUT2D eigenvalue weighted by Crippen LogP contribution is -2.27. The van der Waals surface area contributed by atoms with E-state index in [0.29, 0.717) is 17.1 Å². The molecule has 0 saturated carbocycles. The Morgan fingerprint density at radius 2 is 1.65 bits per heavy atom. The van der Waals surface area contributed by atoms with E-state index in [1.54, 1.807) is 44.3 Å². The molecule has 20 heavy (non-hydrogen) atoms. The maximum atomic E-state index is 12.5. The fourth-order valence-corrected chi connectivity index (χ4v) is 3.36. The van der Waals surface area contributed by atoms with E-state index in [2.05, 4.69) is 0 Å². The number of nitrogen functional groups attached to an aromatic ring is 1. The summed E-state index contributed by atoms with van der Waals surface area (Å²) >= 11 is 0. The summed E-state index contributed by atoms with van der Waals surface area (Å²) in [7, 11) is -1.89. The first-order chi connectivity index (χ1) is 9.41. The number of nitrogens with zero attached hydrogens (tertiary/aromatic N) is 1. The Morgan fingerprint density at radius 3 is 2.25 bits per heavy atom. The summed E-state index contributed by atoms with van der Waals surface area (Å²) in [6.45, 7) is 2.11. The summed E-state index contributed by atoms with van der Waals surface area (Å²) in [6, 6.07) is 14.2. The van der Waals surface area contributed by atoms with Gasteiger partial charge in [-0.15, -0.1) is 0 Å². The summed E-state index contributed by atoms with van der Waals surface area (Å²) in [5.74, 6) is 0. The number of nitrogens with two attached hydrogens (primary N) is 1. The minimum Gasteiger partial charge on any atom is -0.399 e. The summed E-state index contributed by atoms with van der Waals surface area (Å²) in [5, 5.41) is 0. The number of hydrogen-bond acceptors (Lipinski definition) is 3. The fourth-order valence-electron chi connectivity index (χ4n) is 1.98. The van der Waals surface area contributed by atoms with Gasteiger partial charge in [-0.05, 0) is 36.2 Å². The van der Waals surface area contributed by atoms with Crippen LogP contribution in [0.3, 0.4) is 0 Å². The number of aryl methyl sites for hydroxylation is 1. The molecule has 0 amide bonds. The number of rotatable bonds is 4.